The summed E-state index contributed by atoms with van der Waals surface area (Å²) in [4.78, 5) is 0. The molecule has 0 N–H and O–H groups in total. The van der Waals surface area contributed by atoms with Gasteiger partial charge in [0, 0.05) is 11.6 Å². The van der Waals surface area contributed by atoms with Crippen molar-refractivity contribution < 1.29 is 0 Å². The van der Waals surface area contributed by atoms with Crippen LogP contribution in [0.15, 0.2) is 0 Å². The van der Waals surface area contributed by atoms with Gasteiger partial charge in [-0.25, -0.2) is 0 Å². The number of unbranched alkanes of at least 4 members (excludes halogenated alkanes) is 14. The second-order valence-corrected chi connectivity index (χ2v) is 23.7. The molecule has 0 nitrogen and oxygen atoms in total. The van der Waals surface area contributed by atoms with Crippen molar-refractivity contribution in [3.05, 3.63) is 0 Å². The van der Waals surface area contributed by atoms with Crippen LogP contribution in [-0.2, 0) is 0 Å². The number of hydrogen-bond acceptors (Lipinski definition) is 0. The van der Waals surface area contributed by atoms with E-state index in [0.29, 0.717) is 0 Å². The molecule has 0 aromatic carbocycles. The van der Waals surface area contributed by atoms with Crippen LogP contribution in [0.3, 0.4) is 0 Å². The molecule has 0 bridgehead atoms. The van der Waals surface area contributed by atoms with E-state index in [1.165, 1.54) is 89.9 Å². The molecule has 1 unspecified atom stereocenters. The fourth-order valence-electron chi connectivity index (χ4n) is 3.37. The zero-order chi connectivity index (χ0) is 20.6. The minimum absolute atomic E-state index is 0.0432. The highest BCUT2D eigenvalue weighted by Crippen LogP contribution is 2.39. The van der Waals surface area contributed by atoms with E-state index < -0.39 is 14.1 Å². The van der Waals surface area contributed by atoms with E-state index in [-0.39, 0.29) is 5.16 Å². The Morgan fingerprint density at radius 1 is 0.630 bits per heavy atom. The largest absolute Gasteiger partial charge is 0.352 e. The quantitative estimate of drug-likeness (QED) is 0.0912. The van der Waals surface area contributed by atoms with Crippen molar-refractivity contribution in [3.63, 3.8) is 0 Å². The van der Waals surface area contributed by atoms with Gasteiger partial charge in [-0.2, -0.15) is 0 Å². The van der Waals surface area contributed by atoms with Crippen molar-refractivity contribution in [1.82, 2.24) is 0 Å². The SMILES string of the molecule is CCCCCCCCCCCCCCCCC#CC([Si](C)(C)C)[Si](Cl)(Cl)Cl. The molecule has 0 aromatic heterocycles. The van der Waals surface area contributed by atoms with E-state index >= 15 is 0 Å². The van der Waals surface area contributed by atoms with Crippen LogP contribution in [0.5, 0.6) is 0 Å². The maximum atomic E-state index is 6.26. The predicted molar refractivity (Wildman–Crippen MR) is 133 cm³/mol. The predicted octanol–water partition coefficient (Wildman–Crippen LogP) is 9.76. The molecule has 5 heteroatoms. The minimum atomic E-state index is -2.73. The molecule has 160 valence electrons. The lowest BCUT2D eigenvalue weighted by molar-refractivity contribution is 0.536. The Labute approximate surface area is 186 Å². The van der Waals surface area contributed by atoms with Crippen molar-refractivity contribution in [3.8, 4) is 11.8 Å². The first kappa shape index (κ1) is 27.9. The van der Waals surface area contributed by atoms with E-state index in [2.05, 4.69) is 38.4 Å². The van der Waals surface area contributed by atoms with E-state index in [9.17, 15) is 0 Å². The van der Waals surface area contributed by atoms with Gasteiger partial charge in [0.25, 0.3) is 0 Å². The Morgan fingerprint density at radius 3 is 1.33 bits per heavy atom. The van der Waals surface area contributed by atoms with E-state index in [1.54, 1.807) is 0 Å². The summed E-state index contributed by atoms with van der Waals surface area (Å²) in [6.45, 7) is 9.01. The lowest BCUT2D eigenvalue weighted by Gasteiger charge is -2.28. The third-order valence-corrected chi connectivity index (χ3v) is 15.3. The maximum Gasteiger partial charge on any atom is 0.352 e. The second kappa shape index (κ2) is 16.6. The standard InChI is InChI=1S/C22H43Cl3Si2/c1-5-6-7-8-9-10-11-12-13-14-15-16-17-18-19-20-21-22(26(2,3)4)27(23,24)25/h22H,5-19H2,1-4H3. The van der Waals surface area contributed by atoms with Crippen molar-refractivity contribution in [1.29, 1.82) is 0 Å². The van der Waals surface area contributed by atoms with Crippen molar-refractivity contribution >= 4 is 47.3 Å². The van der Waals surface area contributed by atoms with Crippen LogP contribution >= 0.6 is 33.2 Å². The van der Waals surface area contributed by atoms with Crippen molar-refractivity contribution in [2.75, 3.05) is 0 Å². The Kier molecular flexibility index (Phi) is 17.2. The summed E-state index contributed by atoms with van der Waals surface area (Å²) < 4.78 is 0. The molecule has 0 aromatic rings. The Morgan fingerprint density at radius 2 is 1.00 bits per heavy atom. The molecule has 27 heavy (non-hydrogen) atoms. The molecule has 0 saturated heterocycles. The lowest BCUT2D eigenvalue weighted by atomic mass is 10.0. The molecule has 0 radical (unpaired) electrons. The molecular formula is C22H43Cl3Si2. The van der Waals surface area contributed by atoms with Gasteiger partial charge in [0.15, 0.2) is 0 Å². The van der Waals surface area contributed by atoms with Crippen LogP contribution in [0, 0.1) is 11.8 Å². The van der Waals surface area contributed by atoms with Crippen molar-refractivity contribution in [2.24, 2.45) is 0 Å². The van der Waals surface area contributed by atoms with Gasteiger partial charge in [0.05, 0.1) is 8.07 Å². The molecule has 1 atom stereocenters. The summed E-state index contributed by atoms with van der Waals surface area (Å²) in [5, 5.41) is 0.0432. The summed E-state index contributed by atoms with van der Waals surface area (Å²) in [7, 11) is -1.54. The molecule has 0 aliphatic heterocycles. The summed E-state index contributed by atoms with van der Waals surface area (Å²) in [6.07, 6.45) is 20.4. The first-order chi connectivity index (χ1) is 12.7. The number of halogens is 3. The van der Waals surface area contributed by atoms with Crippen molar-refractivity contribution in [2.45, 2.75) is 128 Å². The molecule has 0 amide bonds. The zero-order valence-corrected chi connectivity index (χ0v) is 22.6. The number of hydrogen-bond donors (Lipinski definition) is 0. The topological polar surface area (TPSA) is 0 Å². The fraction of sp³-hybridized carbons (Fsp3) is 0.909. The van der Waals surface area contributed by atoms with Gasteiger partial charge in [-0.15, -0.1) is 45.1 Å². The van der Waals surface area contributed by atoms with Gasteiger partial charge >= 0.3 is 6.00 Å². The average Bonchev–Trinajstić information content (AvgIpc) is 2.55. The highest BCUT2D eigenvalue weighted by molar-refractivity contribution is 7.67. The summed E-state index contributed by atoms with van der Waals surface area (Å²) in [6, 6.07) is -2.73. The lowest BCUT2D eigenvalue weighted by Crippen LogP contribution is -2.38. The van der Waals surface area contributed by atoms with Crippen LogP contribution < -0.4 is 0 Å². The first-order valence-electron chi connectivity index (χ1n) is 11.2. The van der Waals surface area contributed by atoms with Crippen LogP contribution in [-0.4, -0.2) is 14.1 Å². The third-order valence-electron chi connectivity index (χ3n) is 5.10. The third kappa shape index (κ3) is 17.4. The van der Waals surface area contributed by atoms with Crippen LogP contribution in [0.1, 0.15) is 103 Å². The van der Waals surface area contributed by atoms with Gasteiger partial charge in [-0.1, -0.05) is 110 Å². The van der Waals surface area contributed by atoms with Gasteiger partial charge in [0.2, 0.25) is 0 Å². The molecule has 0 aliphatic rings. The second-order valence-electron chi connectivity index (χ2n) is 9.01. The molecular weight excluding hydrogens is 427 g/mol. The van der Waals surface area contributed by atoms with Gasteiger partial charge in [0.1, 0.15) is 0 Å². The summed E-state index contributed by atoms with van der Waals surface area (Å²) >= 11 is 18.8. The van der Waals surface area contributed by atoms with Gasteiger partial charge in [-0.3, -0.25) is 0 Å². The Balaban J connectivity index is 3.56. The van der Waals surface area contributed by atoms with Crippen LogP contribution in [0.2, 0.25) is 24.8 Å². The molecule has 0 heterocycles. The average molecular weight is 470 g/mol. The maximum absolute atomic E-state index is 6.26. The first-order valence-corrected chi connectivity index (χ1v) is 19.9. The molecule has 0 spiro atoms. The molecule has 0 saturated carbocycles. The Hall–Kier alpha value is 0.864. The van der Waals surface area contributed by atoms with E-state index in [0.717, 1.165) is 6.42 Å². The number of rotatable bonds is 16. The summed E-state index contributed by atoms with van der Waals surface area (Å²) in [5.74, 6) is 6.63. The monoisotopic (exact) mass is 468 g/mol. The summed E-state index contributed by atoms with van der Waals surface area (Å²) in [5.41, 5.74) is 0. The smallest absolute Gasteiger partial charge is 0.125 e. The van der Waals surface area contributed by atoms with Crippen LogP contribution in [0.25, 0.3) is 0 Å². The zero-order valence-electron chi connectivity index (χ0n) is 18.3. The van der Waals surface area contributed by atoms with Crippen LogP contribution in [0.4, 0.5) is 0 Å². The highest BCUT2D eigenvalue weighted by atomic mass is 35.8. The fourth-order valence-corrected chi connectivity index (χ4v) is 17.4. The molecule has 0 aliphatic carbocycles. The molecule has 0 fully saturated rings. The van der Waals surface area contributed by atoms with E-state index in [1.807, 2.05) is 0 Å². The minimum Gasteiger partial charge on any atom is -0.125 e. The molecule has 0 rings (SSSR count). The van der Waals surface area contributed by atoms with Gasteiger partial charge < -0.3 is 0 Å². The van der Waals surface area contributed by atoms with E-state index in [4.69, 9.17) is 33.2 Å². The Bertz CT molecular complexity index is 388. The highest BCUT2D eigenvalue weighted by Gasteiger charge is 2.44. The normalized spacial score (nSPS) is 13.3. The van der Waals surface area contributed by atoms with Gasteiger partial charge in [-0.05, 0) is 6.42 Å².